The molecule has 8 heteroatoms. The standard InChI is InChI=1S/C18H19N3O4S/c1-12(2)11-25-14-7-5-6-13(10-14)17(22)20-18(26)19-15-8-3-4-9-16(15)21(23)24/h3-10,12H,11H2,1-2H3,(H2,19,20,22,26). The van der Waals surface area contributed by atoms with Crippen LogP contribution in [0.4, 0.5) is 11.4 Å². The van der Waals surface area contributed by atoms with Crippen molar-refractivity contribution >= 4 is 34.6 Å². The van der Waals surface area contributed by atoms with Crippen LogP contribution in [0.1, 0.15) is 24.2 Å². The third-order valence-corrected chi connectivity index (χ3v) is 3.46. The monoisotopic (exact) mass is 373 g/mol. The van der Waals surface area contributed by atoms with Crippen LogP contribution in [0.5, 0.6) is 5.75 Å². The first kappa shape index (κ1) is 19.3. The molecule has 0 aliphatic heterocycles. The van der Waals surface area contributed by atoms with Gasteiger partial charge in [-0.15, -0.1) is 0 Å². The summed E-state index contributed by atoms with van der Waals surface area (Å²) in [5.74, 6) is 0.519. The molecule has 2 aromatic rings. The van der Waals surface area contributed by atoms with Crippen LogP contribution in [-0.2, 0) is 0 Å². The average Bonchev–Trinajstić information content (AvgIpc) is 2.60. The number of amides is 1. The molecule has 0 bridgehead atoms. The lowest BCUT2D eigenvalue weighted by Gasteiger charge is -2.11. The summed E-state index contributed by atoms with van der Waals surface area (Å²) >= 11 is 5.08. The van der Waals surface area contributed by atoms with Crippen molar-refractivity contribution in [2.75, 3.05) is 11.9 Å². The zero-order chi connectivity index (χ0) is 19.1. The molecule has 136 valence electrons. The summed E-state index contributed by atoms with van der Waals surface area (Å²) in [6.07, 6.45) is 0. The van der Waals surface area contributed by atoms with E-state index in [4.69, 9.17) is 17.0 Å². The number of anilines is 1. The lowest BCUT2D eigenvalue weighted by molar-refractivity contribution is -0.383. The average molecular weight is 373 g/mol. The van der Waals surface area contributed by atoms with E-state index in [1.807, 2.05) is 13.8 Å². The zero-order valence-electron chi connectivity index (χ0n) is 14.4. The Morgan fingerprint density at radius 1 is 1.23 bits per heavy atom. The van der Waals surface area contributed by atoms with Gasteiger partial charge in [0.15, 0.2) is 5.11 Å². The number of nitro groups is 1. The SMILES string of the molecule is CC(C)COc1cccc(C(=O)NC(=S)Nc2ccccc2[N+](=O)[O-])c1. The fourth-order valence-corrected chi connectivity index (χ4v) is 2.26. The number of nitrogens with zero attached hydrogens (tertiary/aromatic N) is 1. The summed E-state index contributed by atoms with van der Waals surface area (Å²) in [5, 5.41) is 16.2. The minimum absolute atomic E-state index is 0.0298. The number of hydrogen-bond donors (Lipinski definition) is 2. The normalized spacial score (nSPS) is 10.3. The van der Waals surface area contributed by atoms with Gasteiger partial charge in [-0.05, 0) is 42.4 Å². The molecule has 0 saturated heterocycles. The Bertz CT molecular complexity index is 824. The molecular weight excluding hydrogens is 354 g/mol. The largest absolute Gasteiger partial charge is 0.493 e. The van der Waals surface area contributed by atoms with Crippen molar-refractivity contribution in [1.29, 1.82) is 0 Å². The molecule has 2 aromatic carbocycles. The number of nitrogens with one attached hydrogen (secondary N) is 2. The Morgan fingerprint density at radius 2 is 1.96 bits per heavy atom. The first-order chi connectivity index (χ1) is 12.4. The number of carbonyl (C=O) groups excluding carboxylic acids is 1. The third kappa shape index (κ3) is 5.52. The van der Waals surface area contributed by atoms with Gasteiger partial charge in [-0.25, -0.2) is 0 Å². The fraction of sp³-hybridized carbons (Fsp3) is 0.222. The first-order valence-corrected chi connectivity index (χ1v) is 8.36. The molecule has 0 aliphatic rings. The van der Waals surface area contributed by atoms with Crippen LogP contribution < -0.4 is 15.4 Å². The lowest BCUT2D eigenvalue weighted by atomic mass is 10.2. The predicted octanol–water partition coefficient (Wildman–Crippen LogP) is 3.76. The molecule has 0 heterocycles. The van der Waals surface area contributed by atoms with Gasteiger partial charge in [0.2, 0.25) is 0 Å². The summed E-state index contributed by atoms with van der Waals surface area (Å²) < 4.78 is 5.60. The van der Waals surface area contributed by atoms with Crippen LogP contribution in [0.25, 0.3) is 0 Å². The van der Waals surface area contributed by atoms with Crippen molar-refractivity contribution in [3.63, 3.8) is 0 Å². The molecule has 0 aliphatic carbocycles. The maximum Gasteiger partial charge on any atom is 0.292 e. The molecule has 2 rings (SSSR count). The lowest BCUT2D eigenvalue weighted by Crippen LogP contribution is -2.34. The maximum absolute atomic E-state index is 12.3. The van der Waals surface area contributed by atoms with Crippen molar-refractivity contribution in [3.8, 4) is 5.75 Å². The predicted molar refractivity (Wildman–Crippen MR) is 104 cm³/mol. The van der Waals surface area contributed by atoms with Crippen molar-refractivity contribution in [1.82, 2.24) is 5.32 Å². The molecule has 0 radical (unpaired) electrons. The summed E-state index contributed by atoms with van der Waals surface area (Å²) in [7, 11) is 0. The topological polar surface area (TPSA) is 93.5 Å². The van der Waals surface area contributed by atoms with Gasteiger partial charge in [-0.2, -0.15) is 0 Å². The van der Waals surface area contributed by atoms with Gasteiger partial charge >= 0.3 is 0 Å². The van der Waals surface area contributed by atoms with Crippen molar-refractivity contribution in [2.24, 2.45) is 5.92 Å². The Kier molecular flexibility index (Phi) is 6.62. The zero-order valence-corrected chi connectivity index (χ0v) is 15.2. The van der Waals surface area contributed by atoms with Crippen molar-refractivity contribution in [3.05, 3.63) is 64.2 Å². The Labute approximate surface area is 156 Å². The summed E-state index contributed by atoms with van der Waals surface area (Å²) in [4.78, 5) is 22.8. The van der Waals surface area contributed by atoms with Gasteiger partial charge in [-0.3, -0.25) is 20.2 Å². The Hall–Kier alpha value is -3.00. The smallest absolute Gasteiger partial charge is 0.292 e. The molecule has 26 heavy (non-hydrogen) atoms. The molecule has 0 unspecified atom stereocenters. The minimum Gasteiger partial charge on any atom is -0.493 e. The van der Waals surface area contributed by atoms with Gasteiger partial charge < -0.3 is 10.1 Å². The molecule has 1 amide bonds. The van der Waals surface area contributed by atoms with Crippen LogP contribution in [0.2, 0.25) is 0 Å². The van der Waals surface area contributed by atoms with Crippen LogP contribution >= 0.6 is 12.2 Å². The molecular formula is C18H19N3O4S. The third-order valence-electron chi connectivity index (χ3n) is 3.26. The summed E-state index contributed by atoms with van der Waals surface area (Å²) in [5.41, 5.74) is 0.447. The molecule has 2 N–H and O–H groups in total. The van der Waals surface area contributed by atoms with E-state index < -0.39 is 10.8 Å². The van der Waals surface area contributed by atoms with Gasteiger partial charge in [-0.1, -0.05) is 32.0 Å². The van der Waals surface area contributed by atoms with E-state index >= 15 is 0 Å². The molecule has 0 saturated carbocycles. The number of rotatable bonds is 6. The highest BCUT2D eigenvalue weighted by Gasteiger charge is 2.15. The first-order valence-electron chi connectivity index (χ1n) is 7.95. The Morgan fingerprint density at radius 3 is 2.65 bits per heavy atom. The number of hydrogen-bond acceptors (Lipinski definition) is 5. The maximum atomic E-state index is 12.3. The summed E-state index contributed by atoms with van der Waals surface area (Å²) in [6.45, 7) is 4.61. The molecule has 7 nitrogen and oxygen atoms in total. The van der Waals surface area contributed by atoms with Gasteiger partial charge in [0.05, 0.1) is 11.5 Å². The number of para-hydroxylation sites is 2. The van der Waals surface area contributed by atoms with E-state index in [0.717, 1.165) is 0 Å². The second-order valence-corrected chi connectivity index (χ2v) is 6.32. The van der Waals surface area contributed by atoms with Crippen LogP contribution in [0.15, 0.2) is 48.5 Å². The van der Waals surface area contributed by atoms with E-state index in [2.05, 4.69) is 10.6 Å². The fourth-order valence-electron chi connectivity index (χ4n) is 2.06. The van der Waals surface area contributed by atoms with Gasteiger partial charge in [0, 0.05) is 11.6 Å². The number of carbonyl (C=O) groups is 1. The number of ether oxygens (including phenoxy) is 1. The number of thiocarbonyl (C=S) groups is 1. The highest BCUT2D eigenvalue weighted by Crippen LogP contribution is 2.23. The molecule has 0 fully saturated rings. The number of benzene rings is 2. The van der Waals surface area contributed by atoms with E-state index in [-0.39, 0.29) is 16.5 Å². The van der Waals surface area contributed by atoms with Gasteiger partial charge in [0.25, 0.3) is 11.6 Å². The highest BCUT2D eigenvalue weighted by atomic mass is 32.1. The van der Waals surface area contributed by atoms with E-state index in [1.54, 1.807) is 36.4 Å². The van der Waals surface area contributed by atoms with Crippen LogP contribution in [-0.4, -0.2) is 22.5 Å². The van der Waals surface area contributed by atoms with E-state index in [0.29, 0.717) is 23.8 Å². The Balaban J connectivity index is 2.02. The van der Waals surface area contributed by atoms with Crippen molar-refractivity contribution in [2.45, 2.75) is 13.8 Å². The minimum atomic E-state index is -0.525. The van der Waals surface area contributed by atoms with Crippen LogP contribution in [0, 0.1) is 16.0 Å². The molecule has 0 aromatic heterocycles. The van der Waals surface area contributed by atoms with Crippen LogP contribution in [0.3, 0.4) is 0 Å². The van der Waals surface area contributed by atoms with Gasteiger partial charge in [0.1, 0.15) is 11.4 Å². The summed E-state index contributed by atoms with van der Waals surface area (Å²) in [6, 6.07) is 12.8. The van der Waals surface area contributed by atoms with E-state index in [1.165, 1.54) is 12.1 Å². The second kappa shape index (κ2) is 8.91. The van der Waals surface area contributed by atoms with E-state index in [9.17, 15) is 14.9 Å². The molecule has 0 atom stereocenters. The second-order valence-electron chi connectivity index (χ2n) is 5.92. The molecule has 0 spiro atoms. The quantitative estimate of drug-likeness (QED) is 0.455. The highest BCUT2D eigenvalue weighted by molar-refractivity contribution is 7.80. The van der Waals surface area contributed by atoms with Crippen molar-refractivity contribution < 1.29 is 14.5 Å². The number of nitro benzene ring substituents is 1.